The van der Waals surface area contributed by atoms with E-state index in [-0.39, 0.29) is 23.3 Å². The van der Waals surface area contributed by atoms with E-state index in [1.54, 1.807) is 30.3 Å². The monoisotopic (exact) mass is 464 g/mol. The highest BCUT2D eigenvalue weighted by Crippen LogP contribution is 2.41. The van der Waals surface area contributed by atoms with Crippen LogP contribution in [-0.4, -0.2) is 39.9 Å². The van der Waals surface area contributed by atoms with E-state index in [0.29, 0.717) is 42.7 Å². The van der Waals surface area contributed by atoms with Crippen LogP contribution in [0.3, 0.4) is 0 Å². The molecule has 0 spiro atoms. The molecule has 170 valence electrons. The average Bonchev–Trinajstić information content (AvgIpc) is 3.03. The molecule has 8 nitrogen and oxygen atoms in total. The molecule has 0 radical (unpaired) electrons. The van der Waals surface area contributed by atoms with E-state index in [4.69, 9.17) is 5.73 Å². The first-order valence-electron chi connectivity index (χ1n) is 10.8. The zero-order valence-electron chi connectivity index (χ0n) is 17.9. The van der Waals surface area contributed by atoms with Crippen molar-refractivity contribution in [3.63, 3.8) is 0 Å². The number of amides is 2. The van der Waals surface area contributed by atoms with Gasteiger partial charge >= 0.3 is 0 Å². The second-order valence-corrected chi connectivity index (χ2v) is 10.2. The molecule has 0 saturated carbocycles. The number of nitrogens with one attached hydrogen (secondary N) is 1. The molecule has 2 aliphatic heterocycles. The van der Waals surface area contributed by atoms with Gasteiger partial charge in [-0.15, -0.1) is 0 Å². The van der Waals surface area contributed by atoms with Gasteiger partial charge in [-0.25, -0.2) is 8.42 Å². The van der Waals surface area contributed by atoms with Crippen molar-refractivity contribution < 1.29 is 18.0 Å². The number of rotatable bonds is 5. The Hall–Kier alpha value is -3.59. The highest BCUT2D eigenvalue weighted by molar-refractivity contribution is 7.93. The number of nitrogens with zero attached hydrogens (tertiary/aromatic N) is 2. The van der Waals surface area contributed by atoms with E-state index >= 15 is 0 Å². The Balaban J connectivity index is 1.36. The fraction of sp³-hybridized carbons (Fsp3) is 0.250. The molecule has 0 unspecified atom stereocenters. The molecule has 0 bridgehead atoms. The number of carbonyl (C=O) groups is 2. The van der Waals surface area contributed by atoms with Gasteiger partial charge in [0.05, 0.1) is 22.0 Å². The molecule has 0 aromatic heterocycles. The largest absolute Gasteiger partial charge is 0.370 e. The first kappa shape index (κ1) is 21.3. The van der Waals surface area contributed by atoms with Crippen LogP contribution in [0.1, 0.15) is 12.8 Å². The van der Waals surface area contributed by atoms with Crippen LogP contribution in [0.5, 0.6) is 0 Å². The van der Waals surface area contributed by atoms with Crippen molar-refractivity contribution in [3.8, 4) is 0 Å². The Labute approximate surface area is 192 Å². The van der Waals surface area contributed by atoms with Gasteiger partial charge in [-0.2, -0.15) is 0 Å². The molecule has 3 aromatic rings. The standard InChI is InChI=1S/C24H24N4O4S/c25-24(30)17-11-13-27(14-12-17)19-8-2-1-7-18(19)26-22(29)15-28-20-9-3-5-16-6-4-10-21(23(16)20)33(28,31)32/h1-10,17H,11-15H2,(H2,25,30)(H,26,29). The van der Waals surface area contributed by atoms with Crippen molar-refractivity contribution in [2.45, 2.75) is 17.7 Å². The summed E-state index contributed by atoms with van der Waals surface area (Å²) in [6, 6.07) is 17.9. The van der Waals surface area contributed by atoms with Gasteiger partial charge in [0.15, 0.2) is 0 Å². The van der Waals surface area contributed by atoms with Gasteiger partial charge in [0, 0.05) is 24.4 Å². The maximum Gasteiger partial charge on any atom is 0.265 e. The summed E-state index contributed by atoms with van der Waals surface area (Å²) in [7, 11) is -3.81. The van der Waals surface area contributed by atoms with Crippen molar-refractivity contribution in [1.82, 2.24) is 0 Å². The predicted octanol–water partition coefficient (Wildman–Crippen LogP) is 2.69. The first-order chi connectivity index (χ1) is 15.9. The highest BCUT2D eigenvalue weighted by Gasteiger charge is 2.36. The number of hydrogen-bond donors (Lipinski definition) is 2. The molecule has 5 rings (SSSR count). The summed E-state index contributed by atoms with van der Waals surface area (Å²) in [4.78, 5) is 26.8. The van der Waals surface area contributed by atoms with Crippen LogP contribution in [0.4, 0.5) is 17.1 Å². The van der Waals surface area contributed by atoms with Crippen LogP contribution in [-0.2, 0) is 19.6 Å². The molecule has 3 aromatic carbocycles. The summed E-state index contributed by atoms with van der Waals surface area (Å²) in [6.07, 6.45) is 1.32. The lowest BCUT2D eigenvalue weighted by Crippen LogP contribution is -2.39. The molecule has 2 amide bonds. The van der Waals surface area contributed by atoms with Crippen LogP contribution >= 0.6 is 0 Å². The smallest absolute Gasteiger partial charge is 0.265 e. The quantitative estimate of drug-likeness (QED) is 0.603. The third-order valence-electron chi connectivity index (χ3n) is 6.38. The number of primary amides is 1. The van der Waals surface area contributed by atoms with Gasteiger partial charge in [-0.05, 0) is 42.5 Å². The summed E-state index contributed by atoms with van der Waals surface area (Å²) in [6.45, 7) is 0.977. The van der Waals surface area contributed by atoms with Gasteiger partial charge in [0.25, 0.3) is 10.0 Å². The van der Waals surface area contributed by atoms with Crippen molar-refractivity contribution >= 4 is 49.7 Å². The van der Waals surface area contributed by atoms with E-state index < -0.39 is 15.9 Å². The third kappa shape index (κ3) is 3.68. The van der Waals surface area contributed by atoms with Gasteiger partial charge in [0.2, 0.25) is 11.8 Å². The highest BCUT2D eigenvalue weighted by atomic mass is 32.2. The van der Waals surface area contributed by atoms with Crippen molar-refractivity contribution in [2.24, 2.45) is 11.7 Å². The number of para-hydroxylation sites is 2. The van der Waals surface area contributed by atoms with Crippen molar-refractivity contribution in [2.75, 3.05) is 34.2 Å². The predicted molar refractivity (Wildman–Crippen MR) is 128 cm³/mol. The lowest BCUT2D eigenvalue weighted by molar-refractivity contribution is -0.122. The maximum atomic E-state index is 13.2. The zero-order valence-corrected chi connectivity index (χ0v) is 18.7. The Kier molecular flexibility index (Phi) is 5.20. The Morgan fingerprint density at radius 2 is 1.61 bits per heavy atom. The van der Waals surface area contributed by atoms with E-state index in [2.05, 4.69) is 10.2 Å². The van der Waals surface area contributed by atoms with Gasteiger partial charge < -0.3 is 16.0 Å². The lowest BCUT2D eigenvalue weighted by Gasteiger charge is -2.33. The first-order valence-corrected chi connectivity index (χ1v) is 12.3. The Morgan fingerprint density at radius 3 is 2.33 bits per heavy atom. The minimum atomic E-state index is -3.81. The van der Waals surface area contributed by atoms with Crippen LogP contribution in [0.25, 0.3) is 10.8 Å². The minimum absolute atomic E-state index is 0.132. The number of carbonyl (C=O) groups excluding carboxylic acids is 2. The Morgan fingerprint density at radius 1 is 0.939 bits per heavy atom. The number of nitrogens with two attached hydrogens (primary N) is 1. The summed E-state index contributed by atoms with van der Waals surface area (Å²) < 4.78 is 27.5. The second kappa shape index (κ2) is 8.08. The average molecular weight is 465 g/mol. The molecule has 2 heterocycles. The molecule has 1 saturated heterocycles. The van der Waals surface area contributed by atoms with E-state index in [0.717, 1.165) is 11.1 Å². The van der Waals surface area contributed by atoms with Crippen LogP contribution in [0.15, 0.2) is 65.6 Å². The molecule has 3 N–H and O–H groups in total. The fourth-order valence-corrected chi connectivity index (χ4v) is 6.38. The van der Waals surface area contributed by atoms with Gasteiger partial charge in [-0.3, -0.25) is 13.9 Å². The topological polar surface area (TPSA) is 113 Å². The van der Waals surface area contributed by atoms with E-state index in [9.17, 15) is 18.0 Å². The zero-order chi connectivity index (χ0) is 23.2. The van der Waals surface area contributed by atoms with E-state index in [1.807, 2.05) is 30.3 Å². The molecule has 33 heavy (non-hydrogen) atoms. The second-order valence-electron chi connectivity index (χ2n) is 8.37. The van der Waals surface area contributed by atoms with Crippen LogP contribution < -0.4 is 20.3 Å². The van der Waals surface area contributed by atoms with Gasteiger partial charge in [0.1, 0.15) is 6.54 Å². The van der Waals surface area contributed by atoms with Crippen molar-refractivity contribution in [3.05, 3.63) is 60.7 Å². The summed E-state index contributed by atoms with van der Waals surface area (Å²) in [5.41, 5.74) is 7.39. The minimum Gasteiger partial charge on any atom is -0.370 e. The molecular formula is C24H24N4O4S. The summed E-state index contributed by atoms with van der Waals surface area (Å²) >= 11 is 0. The van der Waals surface area contributed by atoms with Crippen molar-refractivity contribution in [1.29, 1.82) is 0 Å². The van der Waals surface area contributed by atoms with Gasteiger partial charge in [-0.1, -0.05) is 36.4 Å². The lowest BCUT2D eigenvalue weighted by atomic mass is 9.96. The molecule has 1 fully saturated rings. The summed E-state index contributed by atoms with van der Waals surface area (Å²) in [5.74, 6) is -0.838. The fourth-order valence-electron chi connectivity index (χ4n) is 4.71. The third-order valence-corrected chi connectivity index (χ3v) is 8.19. The Bertz CT molecular complexity index is 1360. The summed E-state index contributed by atoms with van der Waals surface area (Å²) in [5, 5.41) is 4.35. The molecule has 9 heteroatoms. The number of hydrogen-bond acceptors (Lipinski definition) is 5. The number of sulfonamides is 1. The van der Waals surface area contributed by atoms with E-state index in [1.165, 1.54) is 4.31 Å². The molecular weight excluding hydrogens is 440 g/mol. The molecule has 0 atom stereocenters. The SMILES string of the molecule is NC(=O)C1CCN(c2ccccc2NC(=O)CN2c3cccc4cccc(c34)S2(=O)=O)CC1. The number of piperidine rings is 1. The number of benzene rings is 3. The normalized spacial score (nSPS) is 17.3. The molecule has 0 aliphatic carbocycles. The van der Waals surface area contributed by atoms with Crippen LogP contribution in [0, 0.1) is 5.92 Å². The number of anilines is 3. The maximum absolute atomic E-state index is 13.2. The molecule has 2 aliphatic rings. The van der Waals surface area contributed by atoms with Crippen LogP contribution in [0.2, 0.25) is 0 Å².